The molecule has 0 aliphatic heterocycles. The third-order valence-electron chi connectivity index (χ3n) is 4.15. The van der Waals surface area contributed by atoms with Crippen molar-refractivity contribution in [3.8, 4) is 0 Å². The first-order chi connectivity index (χ1) is 9.20. The van der Waals surface area contributed by atoms with Crippen LogP contribution in [-0.4, -0.2) is 6.54 Å². The summed E-state index contributed by atoms with van der Waals surface area (Å²) in [4.78, 5) is 2.92. The highest BCUT2D eigenvalue weighted by atomic mass is 79.9. The Balaban J connectivity index is 2.01. The summed E-state index contributed by atoms with van der Waals surface area (Å²) in [5.74, 6) is 0.935. The van der Waals surface area contributed by atoms with Crippen molar-refractivity contribution in [2.45, 2.75) is 64.8 Å². The first kappa shape index (κ1) is 15.5. The SMILES string of the molecule is CCCNC(CC1CCCCC1)c1cc(Br)c(C)s1. The molecule has 0 aromatic carbocycles. The molecule has 1 fully saturated rings. The summed E-state index contributed by atoms with van der Waals surface area (Å²) in [5.41, 5.74) is 0. The quantitative estimate of drug-likeness (QED) is 0.684. The van der Waals surface area contributed by atoms with Crippen LogP contribution in [0.2, 0.25) is 0 Å². The predicted octanol–water partition coefficient (Wildman–Crippen LogP) is 5.83. The molecule has 3 heteroatoms. The summed E-state index contributed by atoms with van der Waals surface area (Å²) < 4.78 is 1.28. The number of hydrogen-bond acceptors (Lipinski definition) is 2. The second kappa shape index (κ2) is 7.80. The maximum atomic E-state index is 3.76. The van der Waals surface area contributed by atoms with Gasteiger partial charge < -0.3 is 5.32 Å². The monoisotopic (exact) mass is 343 g/mol. The molecule has 19 heavy (non-hydrogen) atoms. The number of aryl methyl sites for hydroxylation is 1. The lowest BCUT2D eigenvalue weighted by atomic mass is 9.84. The highest BCUT2D eigenvalue weighted by Crippen LogP contribution is 2.36. The Bertz CT molecular complexity index is 363. The van der Waals surface area contributed by atoms with Crippen LogP contribution < -0.4 is 5.32 Å². The van der Waals surface area contributed by atoms with Gasteiger partial charge in [-0.1, -0.05) is 39.0 Å². The Hall–Kier alpha value is 0.140. The third kappa shape index (κ3) is 4.57. The van der Waals surface area contributed by atoms with Crippen LogP contribution in [0.25, 0.3) is 0 Å². The summed E-state index contributed by atoms with van der Waals surface area (Å²) in [6.45, 7) is 5.59. The smallest absolute Gasteiger partial charge is 0.0417 e. The van der Waals surface area contributed by atoms with Crippen LogP contribution in [0.1, 0.15) is 67.7 Å². The lowest BCUT2D eigenvalue weighted by molar-refractivity contribution is 0.301. The Kier molecular flexibility index (Phi) is 6.37. The lowest BCUT2D eigenvalue weighted by Crippen LogP contribution is -2.24. The number of thiophene rings is 1. The van der Waals surface area contributed by atoms with E-state index < -0.39 is 0 Å². The molecule has 1 aliphatic rings. The molecule has 1 aliphatic carbocycles. The largest absolute Gasteiger partial charge is 0.309 e. The number of hydrogen-bond donors (Lipinski definition) is 1. The second-order valence-corrected chi connectivity index (χ2v) is 7.94. The first-order valence-corrected chi connectivity index (χ1v) is 9.31. The molecule has 1 atom stereocenters. The molecule has 1 aromatic heterocycles. The number of nitrogens with one attached hydrogen (secondary N) is 1. The molecule has 1 N–H and O–H groups in total. The predicted molar refractivity (Wildman–Crippen MR) is 89.0 cm³/mol. The van der Waals surface area contributed by atoms with E-state index in [2.05, 4.69) is 41.2 Å². The van der Waals surface area contributed by atoms with Crippen LogP contribution in [0.15, 0.2) is 10.5 Å². The molecule has 1 nitrogen and oxygen atoms in total. The maximum absolute atomic E-state index is 3.76. The third-order valence-corrected chi connectivity index (χ3v) is 6.40. The summed E-state index contributed by atoms with van der Waals surface area (Å²) in [5, 5.41) is 3.76. The Labute approximate surface area is 130 Å². The number of halogens is 1. The molecule has 1 saturated carbocycles. The zero-order valence-electron chi connectivity index (χ0n) is 12.2. The second-order valence-electron chi connectivity index (χ2n) is 5.80. The minimum absolute atomic E-state index is 0.568. The van der Waals surface area contributed by atoms with Gasteiger partial charge in [-0.25, -0.2) is 0 Å². The molecule has 0 saturated heterocycles. The van der Waals surface area contributed by atoms with Crippen molar-refractivity contribution in [1.29, 1.82) is 0 Å². The lowest BCUT2D eigenvalue weighted by Gasteiger charge is -2.26. The van der Waals surface area contributed by atoms with Crippen molar-refractivity contribution in [2.24, 2.45) is 5.92 Å². The summed E-state index contributed by atoms with van der Waals surface area (Å²) in [6, 6.07) is 2.90. The van der Waals surface area contributed by atoms with Gasteiger partial charge in [0.25, 0.3) is 0 Å². The molecule has 0 amide bonds. The van der Waals surface area contributed by atoms with Crippen molar-refractivity contribution in [2.75, 3.05) is 6.54 Å². The van der Waals surface area contributed by atoms with E-state index in [0.717, 1.165) is 12.5 Å². The van der Waals surface area contributed by atoms with Gasteiger partial charge in [0, 0.05) is 20.3 Å². The fourth-order valence-electron chi connectivity index (χ4n) is 3.03. The normalized spacial score (nSPS) is 18.7. The molecule has 1 heterocycles. The zero-order chi connectivity index (χ0) is 13.7. The van der Waals surface area contributed by atoms with Crippen molar-refractivity contribution in [1.82, 2.24) is 5.32 Å². The molecule has 1 unspecified atom stereocenters. The Morgan fingerprint density at radius 3 is 2.68 bits per heavy atom. The van der Waals surface area contributed by atoms with E-state index in [4.69, 9.17) is 0 Å². The van der Waals surface area contributed by atoms with E-state index in [0.29, 0.717) is 6.04 Å². The minimum atomic E-state index is 0.568. The Morgan fingerprint density at radius 1 is 1.37 bits per heavy atom. The molecule has 108 valence electrons. The number of rotatable bonds is 6. The summed E-state index contributed by atoms with van der Waals surface area (Å²) in [7, 11) is 0. The summed E-state index contributed by atoms with van der Waals surface area (Å²) in [6.07, 6.45) is 9.76. The average molecular weight is 344 g/mol. The van der Waals surface area contributed by atoms with Gasteiger partial charge >= 0.3 is 0 Å². The zero-order valence-corrected chi connectivity index (χ0v) is 14.6. The molecular formula is C16H26BrNS. The van der Waals surface area contributed by atoms with Gasteiger partial charge in [0.05, 0.1) is 0 Å². The van der Waals surface area contributed by atoms with Crippen molar-refractivity contribution >= 4 is 27.3 Å². The van der Waals surface area contributed by atoms with E-state index in [1.54, 1.807) is 0 Å². The fraction of sp³-hybridized carbons (Fsp3) is 0.750. The van der Waals surface area contributed by atoms with E-state index in [9.17, 15) is 0 Å². The highest BCUT2D eigenvalue weighted by Gasteiger charge is 2.21. The van der Waals surface area contributed by atoms with E-state index in [-0.39, 0.29) is 0 Å². The van der Waals surface area contributed by atoms with Crippen molar-refractivity contribution in [3.63, 3.8) is 0 Å². The van der Waals surface area contributed by atoms with Gasteiger partial charge in [0.2, 0.25) is 0 Å². The van der Waals surface area contributed by atoms with Gasteiger partial charge in [0.15, 0.2) is 0 Å². The average Bonchev–Trinajstić information content (AvgIpc) is 2.76. The maximum Gasteiger partial charge on any atom is 0.0417 e. The van der Waals surface area contributed by atoms with Crippen LogP contribution in [0.3, 0.4) is 0 Å². The van der Waals surface area contributed by atoms with Crippen LogP contribution in [0, 0.1) is 12.8 Å². The molecular weight excluding hydrogens is 318 g/mol. The van der Waals surface area contributed by atoms with Crippen LogP contribution in [0.5, 0.6) is 0 Å². The topological polar surface area (TPSA) is 12.0 Å². The highest BCUT2D eigenvalue weighted by molar-refractivity contribution is 9.10. The van der Waals surface area contributed by atoms with E-state index in [1.807, 2.05) is 11.3 Å². The van der Waals surface area contributed by atoms with Gasteiger partial charge in [0.1, 0.15) is 0 Å². The Morgan fingerprint density at radius 2 is 2.11 bits per heavy atom. The van der Waals surface area contributed by atoms with E-state index in [1.165, 1.54) is 59.2 Å². The minimum Gasteiger partial charge on any atom is -0.309 e. The first-order valence-electron chi connectivity index (χ1n) is 7.70. The molecule has 0 radical (unpaired) electrons. The van der Waals surface area contributed by atoms with Crippen molar-refractivity contribution < 1.29 is 0 Å². The van der Waals surface area contributed by atoms with Gasteiger partial charge in [-0.15, -0.1) is 11.3 Å². The van der Waals surface area contributed by atoms with Crippen LogP contribution in [0.4, 0.5) is 0 Å². The van der Waals surface area contributed by atoms with Crippen LogP contribution in [-0.2, 0) is 0 Å². The van der Waals surface area contributed by atoms with Crippen molar-refractivity contribution in [3.05, 3.63) is 20.3 Å². The van der Waals surface area contributed by atoms with Gasteiger partial charge in [-0.05, 0) is 54.2 Å². The summed E-state index contributed by atoms with van der Waals surface area (Å²) >= 11 is 5.61. The van der Waals surface area contributed by atoms with Gasteiger partial charge in [-0.2, -0.15) is 0 Å². The molecule has 0 spiro atoms. The standard InChI is InChI=1S/C16H26BrNS/c1-3-9-18-15(10-13-7-5-4-6-8-13)16-11-14(17)12(2)19-16/h11,13,15,18H,3-10H2,1-2H3. The molecule has 0 bridgehead atoms. The molecule has 2 rings (SSSR count). The van der Waals surface area contributed by atoms with Gasteiger partial charge in [-0.3, -0.25) is 0 Å². The van der Waals surface area contributed by atoms with E-state index >= 15 is 0 Å². The fourth-order valence-corrected chi connectivity index (χ4v) is 4.68. The molecule has 1 aromatic rings. The van der Waals surface area contributed by atoms with Crippen LogP contribution >= 0.6 is 27.3 Å².